The number of aliphatic carboxylic acids is 1. The number of aromatic nitrogens is 6. The number of H-pyrrole nitrogens is 1. The van der Waals surface area contributed by atoms with E-state index in [4.69, 9.17) is 14.7 Å². The summed E-state index contributed by atoms with van der Waals surface area (Å²) in [6, 6.07) is 3.47. The molecule has 2 saturated carbocycles. The molecule has 1 aliphatic heterocycles. The molecule has 0 aromatic carbocycles. The molecular formula is C33H37F3N8O3. The summed E-state index contributed by atoms with van der Waals surface area (Å²) in [5, 5.41) is 9.31. The Balaban J connectivity index is 1.24. The number of anilines is 2. The Bertz CT molecular complexity index is 1780. The van der Waals surface area contributed by atoms with Crippen molar-refractivity contribution in [1.29, 1.82) is 0 Å². The number of rotatable bonds is 10. The SMILES string of the molecule is COCC1(CN(C)c2cc(-c3cnc(C(F)(F)F)c(C4CC4)c3)nc3nc(-c4cnc(N5CCC(C(=O)O)CC5)cn4)[nH]c23)CCC1. The van der Waals surface area contributed by atoms with E-state index in [1.54, 1.807) is 25.6 Å². The predicted molar refractivity (Wildman–Crippen MR) is 169 cm³/mol. The third kappa shape index (κ3) is 6.22. The molecular weight excluding hydrogens is 613 g/mol. The van der Waals surface area contributed by atoms with Crippen molar-refractivity contribution < 1.29 is 27.8 Å². The van der Waals surface area contributed by atoms with Gasteiger partial charge in [0.25, 0.3) is 0 Å². The number of imidazole rings is 1. The van der Waals surface area contributed by atoms with E-state index in [9.17, 15) is 23.1 Å². The van der Waals surface area contributed by atoms with Gasteiger partial charge in [-0.15, -0.1) is 0 Å². The number of halogens is 3. The Morgan fingerprint density at radius 1 is 1.06 bits per heavy atom. The maximum atomic E-state index is 13.8. The van der Waals surface area contributed by atoms with E-state index in [-0.39, 0.29) is 22.8 Å². The zero-order valence-electron chi connectivity index (χ0n) is 26.3. The number of carbonyl (C=O) groups is 1. The van der Waals surface area contributed by atoms with Crippen LogP contribution in [-0.4, -0.2) is 81.4 Å². The number of aromatic amines is 1. The number of nitrogens with zero attached hydrogens (tertiary/aromatic N) is 7. The lowest BCUT2D eigenvalue weighted by molar-refractivity contribution is -0.143. The fourth-order valence-electron chi connectivity index (χ4n) is 6.99. The van der Waals surface area contributed by atoms with Gasteiger partial charge < -0.3 is 24.6 Å². The minimum absolute atomic E-state index is 0.0113. The molecule has 3 aliphatic rings. The van der Waals surface area contributed by atoms with Crippen LogP contribution < -0.4 is 9.80 Å². The molecule has 3 fully saturated rings. The van der Waals surface area contributed by atoms with Crippen molar-refractivity contribution in [2.75, 3.05) is 50.2 Å². The van der Waals surface area contributed by atoms with E-state index in [1.807, 2.05) is 18.0 Å². The van der Waals surface area contributed by atoms with E-state index >= 15 is 0 Å². The van der Waals surface area contributed by atoms with Crippen molar-refractivity contribution in [3.05, 3.63) is 42.0 Å². The monoisotopic (exact) mass is 650 g/mol. The van der Waals surface area contributed by atoms with Gasteiger partial charge in [0.2, 0.25) is 0 Å². The second kappa shape index (κ2) is 12.0. The number of nitrogens with one attached hydrogen (secondary N) is 1. The predicted octanol–water partition coefficient (Wildman–Crippen LogP) is 5.93. The summed E-state index contributed by atoms with van der Waals surface area (Å²) in [6.07, 6.45) is 5.76. The molecule has 11 nitrogen and oxygen atoms in total. The minimum atomic E-state index is -4.53. The van der Waals surface area contributed by atoms with Gasteiger partial charge in [0.15, 0.2) is 11.5 Å². The Morgan fingerprint density at radius 2 is 1.83 bits per heavy atom. The van der Waals surface area contributed by atoms with E-state index in [0.717, 1.165) is 31.5 Å². The highest BCUT2D eigenvalue weighted by Crippen LogP contribution is 2.47. The lowest BCUT2D eigenvalue weighted by Crippen LogP contribution is -2.44. The normalized spacial score (nSPS) is 18.4. The number of ether oxygens (including phenoxy) is 1. The second-order valence-electron chi connectivity index (χ2n) is 13.2. The molecule has 2 N–H and O–H groups in total. The highest BCUT2D eigenvalue weighted by Gasteiger charge is 2.41. The van der Waals surface area contributed by atoms with Gasteiger partial charge in [0.1, 0.15) is 22.7 Å². The number of hydrogen-bond acceptors (Lipinski definition) is 9. The largest absolute Gasteiger partial charge is 0.481 e. The van der Waals surface area contributed by atoms with Gasteiger partial charge in [-0.3, -0.25) is 9.78 Å². The van der Waals surface area contributed by atoms with E-state index in [1.165, 1.54) is 6.20 Å². The van der Waals surface area contributed by atoms with E-state index < -0.39 is 17.8 Å². The first kappa shape index (κ1) is 31.3. The summed E-state index contributed by atoms with van der Waals surface area (Å²) in [5.74, 6) is -0.134. The summed E-state index contributed by atoms with van der Waals surface area (Å²) >= 11 is 0. The number of methoxy groups -OCH3 is 1. The van der Waals surface area contributed by atoms with Crippen molar-refractivity contribution in [2.45, 2.75) is 57.0 Å². The minimum Gasteiger partial charge on any atom is -0.481 e. The standard InChI is InChI=1S/C33H37F3N8O3/c1-43(17-32(18-47-2)8-3-9-32)25-13-23(21-12-22(19-4-5-19)28(39-14-21)33(34,35)36)40-30-27(25)41-29(42-30)24-15-38-26(16-37-24)44-10-6-20(7-11-44)31(45)46/h12-16,19-20H,3-11,17-18H2,1-2H3,(H,45,46)(H,40,41,42). The van der Waals surface area contributed by atoms with Crippen molar-refractivity contribution >= 4 is 28.6 Å². The maximum Gasteiger partial charge on any atom is 0.433 e. The number of pyridine rings is 2. The number of alkyl halides is 3. The first-order chi connectivity index (χ1) is 22.5. The van der Waals surface area contributed by atoms with E-state index in [0.29, 0.717) is 85.1 Å². The second-order valence-corrected chi connectivity index (χ2v) is 13.2. The van der Waals surface area contributed by atoms with Crippen LogP contribution in [0.2, 0.25) is 0 Å². The number of carboxylic acids is 1. The van der Waals surface area contributed by atoms with Gasteiger partial charge in [-0.05, 0) is 62.1 Å². The third-order valence-corrected chi connectivity index (χ3v) is 9.84. The van der Waals surface area contributed by atoms with Crippen LogP contribution in [0.4, 0.5) is 24.7 Å². The summed E-state index contributed by atoms with van der Waals surface area (Å²) in [7, 11) is 3.71. The van der Waals surface area contributed by atoms with E-state index in [2.05, 4.69) is 24.8 Å². The van der Waals surface area contributed by atoms with Gasteiger partial charge in [-0.2, -0.15) is 13.2 Å². The first-order valence-electron chi connectivity index (χ1n) is 16.0. The molecule has 47 heavy (non-hydrogen) atoms. The topological polar surface area (TPSA) is 133 Å². The number of piperidine rings is 1. The Morgan fingerprint density at radius 3 is 2.43 bits per heavy atom. The molecule has 4 aromatic heterocycles. The zero-order chi connectivity index (χ0) is 32.9. The molecule has 248 valence electrons. The van der Waals surface area contributed by atoms with Crippen LogP contribution in [0.15, 0.2) is 30.7 Å². The van der Waals surface area contributed by atoms with Crippen molar-refractivity contribution in [2.24, 2.45) is 11.3 Å². The molecule has 0 spiro atoms. The van der Waals surface area contributed by atoms with Gasteiger partial charge in [-0.25, -0.2) is 19.9 Å². The van der Waals surface area contributed by atoms with Crippen molar-refractivity contribution in [1.82, 2.24) is 29.9 Å². The van der Waals surface area contributed by atoms with Crippen LogP contribution in [-0.2, 0) is 15.7 Å². The average molecular weight is 651 g/mol. The smallest absolute Gasteiger partial charge is 0.433 e. The fraction of sp³-hybridized carbons (Fsp3) is 0.515. The van der Waals surface area contributed by atoms with Crippen molar-refractivity contribution in [3.8, 4) is 22.8 Å². The molecule has 0 atom stereocenters. The first-order valence-corrected chi connectivity index (χ1v) is 16.0. The van der Waals surface area contributed by atoms with Crippen LogP contribution in [0.1, 0.15) is 62.1 Å². The highest BCUT2D eigenvalue weighted by atomic mass is 19.4. The maximum absolute atomic E-state index is 13.8. The zero-order valence-corrected chi connectivity index (χ0v) is 26.3. The third-order valence-electron chi connectivity index (χ3n) is 9.84. The lowest BCUT2D eigenvalue weighted by Gasteiger charge is -2.44. The summed E-state index contributed by atoms with van der Waals surface area (Å²) in [6.45, 7) is 2.53. The fourth-order valence-corrected chi connectivity index (χ4v) is 6.99. The number of carboxylic acid groups (broad SMARTS) is 1. The quantitative estimate of drug-likeness (QED) is 0.213. The summed E-state index contributed by atoms with van der Waals surface area (Å²) in [5.41, 5.74) is 2.79. The lowest BCUT2D eigenvalue weighted by atomic mass is 9.69. The van der Waals surface area contributed by atoms with Gasteiger partial charge in [-0.1, -0.05) is 6.42 Å². The summed E-state index contributed by atoms with van der Waals surface area (Å²) < 4.78 is 47.0. The molecule has 14 heteroatoms. The average Bonchev–Trinajstić information content (AvgIpc) is 3.81. The molecule has 0 bridgehead atoms. The molecule has 0 amide bonds. The molecule has 5 heterocycles. The van der Waals surface area contributed by atoms with Gasteiger partial charge in [0, 0.05) is 51.0 Å². The number of fused-ring (bicyclic) bond motifs is 1. The molecule has 0 unspecified atom stereocenters. The Labute approximate surface area is 269 Å². The number of hydrogen-bond donors (Lipinski definition) is 2. The Kier molecular flexibility index (Phi) is 8.01. The van der Waals surface area contributed by atoms with Crippen LogP contribution in [0, 0.1) is 11.3 Å². The molecule has 0 radical (unpaired) electrons. The van der Waals surface area contributed by atoms with Crippen LogP contribution in [0.25, 0.3) is 33.9 Å². The molecule has 1 saturated heterocycles. The van der Waals surface area contributed by atoms with Gasteiger partial charge in [0.05, 0.1) is 36.3 Å². The van der Waals surface area contributed by atoms with Crippen LogP contribution in [0.5, 0.6) is 0 Å². The van der Waals surface area contributed by atoms with Crippen LogP contribution in [0.3, 0.4) is 0 Å². The summed E-state index contributed by atoms with van der Waals surface area (Å²) in [4.78, 5) is 41.6. The van der Waals surface area contributed by atoms with Gasteiger partial charge >= 0.3 is 12.1 Å². The van der Waals surface area contributed by atoms with Crippen LogP contribution >= 0.6 is 0 Å². The van der Waals surface area contributed by atoms with Crippen molar-refractivity contribution in [3.63, 3.8) is 0 Å². The Hall–Kier alpha value is -4.33. The highest BCUT2D eigenvalue weighted by molar-refractivity contribution is 5.91. The molecule has 4 aromatic rings. The molecule has 7 rings (SSSR count). The molecule has 2 aliphatic carbocycles.